The van der Waals surface area contributed by atoms with Gasteiger partial charge in [-0.25, -0.2) is 54.0 Å². The van der Waals surface area contributed by atoms with E-state index in [-0.39, 0.29) is 69.1 Å². The number of aryl methyl sites for hydroxylation is 1. The predicted octanol–water partition coefficient (Wildman–Crippen LogP) is 13.5. The second-order valence-corrected chi connectivity index (χ2v) is 33.4. The topological polar surface area (TPSA) is 276 Å². The van der Waals surface area contributed by atoms with Crippen LogP contribution in [0.4, 0.5) is 41.9 Å². The Morgan fingerprint density at radius 3 is 1.54 bits per heavy atom. The van der Waals surface area contributed by atoms with Crippen molar-refractivity contribution in [2.75, 3.05) is 94.3 Å². The Labute approximate surface area is 644 Å². The molecule has 6 aromatic carbocycles. The van der Waals surface area contributed by atoms with E-state index in [9.17, 15) is 48.4 Å². The number of halogens is 3. The summed E-state index contributed by atoms with van der Waals surface area (Å²) >= 11 is 8.78. The lowest BCUT2D eigenvalue weighted by molar-refractivity contribution is -0.137. The molecule has 0 saturated carbocycles. The summed E-state index contributed by atoms with van der Waals surface area (Å²) in [5.74, 6) is -0.395. The number of hydrogen-bond donors (Lipinski definition) is 3. The Bertz CT molecular complexity index is 5550. The highest BCUT2D eigenvalue weighted by Crippen LogP contribution is 2.32. The van der Waals surface area contributed by atoms with Crippen LogP contribution in [0.2, 0.25) is 5.02 Å². The fraction of sp³-hybridized carbons (Fsp3) is 0.267. The lowest BCUT2D eigenvalue weighted by Crippen LogP contribution is -2.55. The molecular weight excluding hydrogens is 1500 g/mol. The number of thiazole rings is 2. The summed E-state index contributed by atoms with van der Waals surface area (Å²) in [6, 6.07) is 41.6. The molecule has 15 rings (SSSR count). The van der Waals surface area contributed by atoms with Crippen LogP contribution in [0.15, 0.2) is 221 Å². The molecule has 33 heteroatoms. The van der Waals surface area contributed by atoms with Gasteiger partial charge in [-0.05, 0) is 149 Å². The van der Waals surface area contributed by atoms with Gasteiger partial charge in [0, 0.05) is 179 Å². The molecule has 3 N–H and O–H groups in total. The zero-order chi connectivity index (χ0) is 76.0. The van der Waals surface area contributed by atoms with Gasteiger partial charge >= 0.3 is 0 Å². The van der Waals surface area contributed by atoms with Gasteiger partial charge in [0.1, 0.15) is 35.9 Å². The van der Waals surface area contributed by atoms with Crippen LogP contribution in [0.25, 0.3) is 32.7 Å². The van der Waals surface area contributed by atoms with E-state index < -0.39 is 42.2 Å². The summed E-state index contributed by atoms with van der Waals surface area (Å²) in [5, 5.41) is 7.05. The van der Waals surface area contributed by atoms with Crippen LogP contribution in [0, 0.1) is 11.6 Å². The number of fused-ring (bicyclic) bond motifs is 3. The number of sulfonamides is 3. The van der Waals surface area contributed by atoms with Gasteiger partial charge in [-0.2, -0.15) is 0 Å². The first kappa shape index (κ1) is 75.7. The molecule has 0 aliphatic carbocycles. The molecule has 3 saturated heterocycles. The van der Waals surface area contributed by atoms with Crippen LogP contribution >= 0.6 is 34.3 Å². The molecule has 3 aliphatic rings. The van der Waals surface area contributed by atoms with E-state index in [1.54, 1.807) is 132 Å². The average Bonchev–Trinajstić information content (AvgIpc) is 1.74. The largest absolute Gasteiger partial charge is 0.368 e. The minimum atomic E-state index is -3.74. The van der Waals surface area contributed by atoms with Crippen molar-refractivity contribution < 1.29 is 55.6 Å². The highest BCUT2D eigenvalue weighted by Gasteiger charge is 2.34. The Kier molecular flexibility index (Phi) is 22.8. The molecule has 4 atom stereocenters. The summed E-state index contributed by atoms with van der Waals surface area (Å²) in [7, 11) is -11.2. The van der Waals surface area contributed by atoms with Crippen molar-refractivity contribution in [1.29, 1.82) is 0 Å². The van der Waals surface area contributed by atoms with E-state index in [0.717, 1.165) is 33.4 Å². The van der Waals surface area contributed by atoms with E-state index in [1.807, 2.05) is 93.3 Å². The van der Waals surface area contributed by atoms with Gasteiger partial charge in [-0.3, -0.25) is 28.5 Å². The molecule has 0 bridgehead atoms. The number of anilines is 6. The van der Waals surface area contributed by atoms with Crippen molar-refractivity contribution in [2.45, 2.75) is 79.5 Å². The average molecular weight is 1590 g/mol. The fourth-order valence-electron chi connectivity index (χ4n) is 13.7. The van der Waals surface area contributed by atoms with Crippen molar-refractivity contribution in [1.82, 2.24) is 48.3 Å². The maximum absolute atomic E-state index is 14.5. The summed E-state index contributed by atoms with van der Waals surface area (Å²) in [6.07, 6.45) is 11.7. The summed E-state index contributed by atoms with van der Waals surface area (Å²) < 4.78 is 117. The molecule has 0 spiro atoms. The van der Waals surface area contributed by atoms with E-state index in [4.69, 9.17) is 11.6 Å². The van der Waals surface area contributed by atoms with Crippen molar-refractivity contribution >= 4 is 148 Å². The molecule has 572 valence electrons. The monoisotopic (exact) mass is 1590 g/mol. The molecule has 6 aromatic heterocycles. The van der Waals surface area contributed by atoms with Gasteiger partial charge in [0.2, 0.25) is 17.7 Å². The number of rotatable bonds is 19. The SMILES string of the molecule is CC1CN(c2ccc(S(=O)(=O)Nc3nccs3)cc2)CCN1C(=O)[C@@H](C)n1ccc2cccc(F)c21.C[C@H]1CN(c2ccc(S(=O)(=O)Nc3nccs3)cc2)CCN1C(=O)[C@H](C)n1ccc2c(F)cccc21.O=C(CCn1ccc2cccc(Cl)c21)N1CCN(c2ccc(S(=O)(=O)Nc3ccncn3)cc2)CC1.[HH].[HH].[HH].[HH].[HH]. The van der Waals surface area contributed by atoms with Gasteiger partial charge in [0.15, 0.2) is 10.3 Å². The molecular formula is C75H87ClF2N16O9S5. The third kappa shape index (κ3) is 16.9. The summed E-state index contributed by atoms with van der Waals surface area (Å²) in [6.45, 7) is 14.3. The van der Waals surface area contributed by atoms with Gasteiger partial charge in [-0.15, -0.1) is 22.7 Å². The molecule has 25 nitrogen and oxygen atoms in total. The Morgan fingerprint density at radius 2 is 1.01 bits per heavy atom. The molecule has 9 heterocycles. The molecule has 3 fully saturated rings. The van der Waals surface area contributed by atoms with Crippen LogP contribution in [0.1, 0.15) is 53.3 Å². The Hall–Kier alpha value is -10.5. The second-order valence-electron chi connectivity index (χ2n) is 26.2. The number of aromatic nitrogens is 7. The van der Waals surface area contributed by atoms with Crippen LogP contribution in [-0.2, 0) is 51.0 Å². The molecule has 108 heavy (non-hydrogen) atoms. The van der Waals surface area contributed by atoms with Crippen LogP contribution in [-0.4, -0.2) is 169 Å². The van der Waals surface area contributed by atoms with Gasteiger partial charge in [0.05, 0.1) is 36.3 Å². The predicted molar refractivity (Wildman–Crippen MR) is 429 cm³/mol. The van der Waals surface area contributed by atoms with Gasteiger partial charge in [0.25, 0.3) is 30.1 Å². The number of carbonyl (C=O) groups is 3. The number of hydrogen-bond acceptors (Lipinski definition) is 18. The number of piperazine rings is 3. The molecule has 12 aromatic rings. The van der Waals surface area contributed by atoms with Crippen molar-refractivity contribution in [3.8, 4) is 0 Å². The lowest BCUT2D eigenvalue weighted by atomic mass is 10.1. The number of nitrogens with one attached hydrogen (secondary N) is 3. The first-order chi connectivity index (χ1) is 51.9. The molecule has 0 radical (unpaired) electrons. The Balaban J connectivity index is 0.000000208. The summed E-state index contributed by atoms with van der Waals surface area (Å²) in [4.78, 5) is 67.7. The van der Waals surface area contributed by atoms with Crippen molar-refractivity contribution in [2.24, 2.45) is 0 Å². The summed E-state index contributed by atoms with van der Waals surface area (Å²) in [5.41, 5.74) is 4.77. The zero-order valence-electron chi connectivity index (χ0n) is 59.1. The standard InChI is InChI=1S/C25H25ClN6O3S.2C25H26FN5O3S2.5H2/c26-22-3-1-2-19-9-12-32(25(19)22)13-10-24(33)31-16-14-30(15-17-31)20-4-6-21(7-5-20)36(34,35)29-23-8-11-27-18-28-23;1-17-16-29(19-6-8-20(9-7-19)36(33,34)28-25-27-11-15-35-25)13-14-30(17)24(32)18(2)31-12-10-21-22(26)4-3-5-23(21)31;1-17-16-29(20-6-8-21(9-7-20)36(33,34)28-25-27-11-15-35-25)13-14-30(17)24(32)18(2)31-12-10-19-4-3-5-22(26)23(19)31;;;;;/h1-9,11-12,18H,10,13-17H2,(H,27,28,29);2*3-12,15,17-18H,13-14,16H2,1-2H3,(H,27,28);5*1H/t;17-,18-;17?,18-;;;;;/m.01...../s1. The number of benzene rings is 6. The highest BCUT2D eigenvalue weighted by atomic mass is 35.5. The lowest BCUT2D eigenvalue weighted by Gasteiger charge is -2.42. The molecule has 3 amide bonds. The molecule has 3 aliphatic heterocycles. The van der Waals surface area contributed by atoms with Crippen LogP contribution in [0.5, 0.6) is 0 Å². The van der Waals surface area contributed by atoms with E-state index in [1.165, 1.54) is 59.6 Å². The highest BCUT2D eigenvalue weighted by molar-refractivity contribution is 7.93. The van der Waals surface area contributed by atoms with Crippen LogP contribution in [0.3, 0.4) is 0 Å². The third-order valence-corrected chi connectivity index (χ3v) is 25.4. The maximum atomic E-state index is 14.5. The zero-order valence-corrected chi connectivity index (χ0v) is 63.9. The Morgan fingerprint density at radius 1 is 0.528 bits per heavy atom. The third-order valence-electron chi connectivity index (χ3n) is 19.4. The van der Waals surface area contributed by atoms with E-state index in [2.05, 4.69) is 48.8 Å². The minimum absolute atomic E-state index is 0. The molecule has 1 unspecified atom stereocenters. The second kappa shape index (κ2) is 32.5. The number of carbonyl (C=O) groups excluding carboxylic acids is 3. The van der Waals surface area contributed by atoms with Crippen molar-refractivity contribution in [3.05, 3.63) is 223 Å². The number of para-hydroxylation sites is 2. The smallest absolute Gasteiger partial charge is 0.263 e. The van der Waals surface area contributed by atoms with Gasteiger partial charge < -0.3 is 43.1 Å². The normalized spacial score (nSPS) is 16.3. The number of amides is 3. The first-order valence-electron chi connectivity index (χ1n) is 34.7. The number of nitrogens with zero attached hydrogens (tertiary/aromatic N) is 13. The van der Waals surface area contributed by atoms with Crippen molar-refractivity contribution in [3.63, 3.8) is 0 Å². The van der Waals surface area contributed by atoms with Gasteiger partial charge in [-0.1, -0.05) is 41.9 Å². The minimum Gasteiger partial charge on any atom is -0.368 e. The first-order valence-corrected chi connectivity index (χ1v) is 41.3. The fourth-order valence-corrected chi connectivity index (χ4v) is 18.6. The van der Waals surface area contributed by atoms with Crippen LogP contribution < -0.4 is 28.9 Å². The maximum Gasteiger partial charge on any atom is 0.263 e. The van der Waals surface area contributed by atoms with E-state index >= 15 is 0 Å². The van der Waals surface area contributed by atoms with E-state index in [0.29, 0.717) is 110 Å². The quantitative estimate of drug-likeness (QED) is 0.0678.